The number of ether oxygens (including phenoxy) is 1. The molecule has 10 heteroatoms. The van der Waals surface area contributed by atoms with Crippen molar-refractivity contribution >= 4 is 21.6 Å². The third-order valence-electron chi connectivity index (χ3n) is 5.79. The lowest BCUT2D eigenvalue weighted by Crippen LogP contribution is -2.38. The number of nitrogens with one attached hydrogen (secondary N) is 1. The standard InChI is InChI=1S/C23H24N4O5S/c1-14-3-5-16(6-4-14)11-24-33(29,30)20-10-19-18(9-15(20)2)27(22(28)13-31-19)12-21-25-23(32-26-21)17-7-8-17/h3-6,9-10,17,24H,7-8,11-13H2,1-2H3. The first kappa shape index (κ1) is 21.6. The van der Waals surface area contributed by atoms with E-state index in [-0.39, 0.29) is 30.5 Å². The average molecular weight is 469 g/mol. The highest BCUT2D eigenvalue weighted by atomic mass is 32.2. The van der Waals surface area contributed by atoms with Gasteiger partial charge in [-0.2, -0.15) is 4.98 Å². The highest BCUT2D eigenvalue weighted by Gasteiger charge is 2.32. The summed E-state index contributed by atoms with van der Waals surface area (Å²) in [6.45, 7) is 3.77. The van der Waals surface area contributed by atoms with Crippen LogP contribution in [0.25, 0.3) is 0 Å². The van der Waals surface area contributed by atoms with Crippen LogP contribution < -0.4 is 14.4 Å². The smallest absolute Gasteiger partial charge is 0.265 e. The molecule has 1 N–H and O–H groups in total. The second-order valence-electron chi connectivity index (χ2n) is 8.49. The molecule has 2 aromatic carbocycles. The number of benzene rings is 2. The number of sulfonamides is 1. The van der Waals surface area contributed by atoms with Gasteiger partial charge in [0.1, 0.15) is 5.75 Å². The van der Waals surface area contributed by atoms with Gasteiger partial charge in [0.25, 0.3) is 5.91 Å². The molecule has 33 heavy (non-hydrogen) atoms. The van der Waals surface area contributed by atoms with Gasteiger partial charge in [0.2, 0.25) is 15.9 Å². The summed E-state index contributed by atoms with van der Waals surface area (Å²) in [7, 11) is -3.80. The van der Waals surface area contributed by atoms with Crippen molar-refractivity contribution in [1.29, 1.82) is 0 Å². The lowest BCUT2D eigenvalue weighted by molar-refractivity contribution is -0.121. The van der Waals surface area contributed by atoms with E-state index in [9.17, 15) is 13.2 Å². The first-order valence-electron chi connectivity index (χ1n) is 10.8. The van der Waals surface area contributed by atoms with Crippen LogP contribution >= 0.6 is 0 Å². The largest absolute Gasteiger partial charge is 0.482 e. The third-order valence-corrected chi connectivity index (χ3v) is 7.33. The van der Waals surface area contributed by atoms with Gasteiger partial charge in [0, 0.05) is 18.5 Å². The molecule has 3 aromatic rings. The molecule has 0 spiro atoms. The van der Waals surface area contributed by atoms with Gasteiger partial charge >= 0.3 is 0 Å². The average Bonchev–Trinajstić information content (AvgIpc) is 3.53. The summed E-state index contributed by atoms with van der Waals surface area (Å²) in [5.41, 5.74) is 2.95. The number of nitrogens with zero attached hydrogens (tertiary/aromatic N) is 3. The van der Waals surface area contributed by atoms with Gasteiger partial charge in [0.15, 0.2) is 12.4 Å². The van der Waals surface area contributed by atoms with E-state index >= 15 is 0 Å². The van der Waals surface area contributed by atoms with Crippen LogP contribution in [0.3, 0.4) is 0 Å². The molecule has 1 fully saturated rings. The molecule has 1 saturated carbocycles. The van der Waals surface area contributed by atoms with Crippen LogP contribution in [0.4, 0.5) is 5.69 Å². The number of aryl methyl sites for hydroxylation is 2. The zero-order valence-corrected chi connectivity index (χ0v) is 19.2. The maximum atomic E-state index is 13.0. The number of fused-ring (bicyclic) bond motifs is 1. The summed E-state index contributed by atoms with van der Waals surface area (Å²) >= 11 is 0. The van der Waals surface area contributed by atoms with Crippen LogP contribution in [-0.4, -0.2) is 31.1 Å². The minimum Gasteiger partial charge on any atom is -0.482 e. The molecule has 0 atom stereocenters. The normalized spacial score (nSPS) is 15.9. The number of amides is 1. The number of carbonyl (C=O) groups is 1. The lowest BCUT2D eigenvalue weighted by Gasteiger charge is -2.29. The Kier molecular flexibility index (Phi) is 5.41. The fraction of sp³-hybridized carbons (Fsp3) is 0.348. The Morgan fingerprint density at radius 2 is 1.91 bits per heavy atom. The lowest BCUT2D eigenvalue weighted by atomic mass is 10.1. The van der Waals surface area contributed by atoms with Crippen LogP contribution in [0.15, 0.2) is 45.8 Å². The Labute approximate surface area is 191 Å². The first-order valence-corrected chi connectivity index (χ1v) is 12.2. The van der Waals surface area contributed by atoms with E-state index in [4.69, 9.17) is 9.26 Å². The minimum absolute atomic E-state index is 0.109. The number of hydrogen-bond donors (Lipinski definition) is 1. The molecule has 1 aromatic heterocycles. The Hall–Kier alpha value is -3.24. The minimum atomic E-state index is -3.80. The van der Waals surface area contributed by atoms with E-state index in [1.165, 1.54) is 11.0 Å². The third kappa shape index (κ3) is 4.49. The molecule has 9 nitrogen and oxygen atoms in total. The van der Waals surface area contributed by atoms with Crippen molar-refractivity contribution in [2.45, 2.75) is 50.6 Å². The van der Waals surface area contributed by atoms with Crippen molar-refractivity contribution in [2.75, 3.05) is 11.5 Å². The molecular weight excluding hydrogens is 444 g/mol. The fourth-order valence-electron chi connectivity index (χ4n) is 3.73. The van der Waals surface area contributed by atoms with Crippen molar-refractivity contribution in [3.63, 3.8) is 0 Å². The van der Waals surface area contributed by atoms with Crippen LogP contribution in [0, 0.1) is 13.8 Å². The highest BCUT2D eigenvalue weighted by Crippen LogP contribution is 2.40. The highest BCUT2D eigenvalue weighted by molar-refractivity contribution is 7.89. The number of hydrogen-bond acceptors (Lipinski definition) is 7. The molecule has 0 bridgehead atoms. The monoisotopic (exact) mass is 468 g/mol. The van der Waals surface area contributed by atoms with Crippen molar-refractivity contribution in [3.8, 4) is 5.75 Å². The number of anilines is 1. The van der Waals surface area contributed by atoms with Crippen LogP contribution in [0.5, 0.6) is 5.75 Å². The summed E-state index contributed by atoms with van der Waals surface area (Å²) in [6, 6.07) is 10.8. The quantitative estimate of drug-likeness (QED) is 0.567. The van der Waals surface area contributed by atoms with Crippen LogP contribution in [-0.2, 0) is 27.9 Å². The van der Waals surface area contributed by atoms with Crippen LogP contribution in [0.2, 0.25) is 0 Å². The molecule has 1 amide bonds. The Balaban J connectivity index is 1.38. The summed E-state index contributed by atoms with van der Waals surface area (Å²) in [5, 5.41) is 3.99. The van der Waals surface area contributed by atoms with Crippen LogP contribution in [0.1, 0.15) is 47.2 Å². The van der Waals surface area contributed by atoms with E-state index in [1.807, 2.05) is 31.2 Å². The molecular formula is C23H24N4O5S. The van der Waals surface area contributed by atoms with Crippen molar-refractivity contribution < 1.29 is 22.5 Å². The topological polar surface area (TPSA) is 115 Å². The maximum Gasteiger partial charge on any atom is 0.265 e. The Morgan fingerprint density at radius 3 is 2.64 bits per heavy atom. The van der Waals surface area contributed by atoms with Gasteiger partial charge < -0.3 is 9.26 Å². The second-order valence-corrected chi connectivity index (χ2v) is 10.2. The zero-order chi connectivity index (χ0) is 23.2. The first-order chi connectivity index (χ1) is 15.8. The van der Waals surface area contributed by atoms with E-state index in [0.29, 0.717) is 34.6 Å². The van der Waals surface area contributed by atoms with Gasteiger partial charge in [-0.15, -0.1) is 0 Å². The summed E-state index contributed by atoms with van der Waals surface area (Å²) in [4.78, 5) is 18.6. The number of carbonyl (C=O) groups excluding carboxylic acids is 1. The molecule has 5 rings (SSSR count). The van der Waals surface area contributed by atoms with Crippen molar-refractivity contribution in [2.24, 2.45) is 0 Å². The molecule has 0 saturated heterocycles. The van der Waals surface area contributed by atoms with E-state index < -0.39 is 10.0 Å². The van der Waals surface area contributed by atoms with Gasteiger partial charge in [-0.3, -0.25) is 9.69 Å². The molecule has 1 aliphatic carbocycles. The van der Waals surface area contributed by atoms with Crippen molar-refractivity contribution in [3.05, 3.63) is 64.8 Å². The van der Waals surface area contributed by atoms with E-state index in [0.717, 1.165) is 24.0 Å². The van der Waals surface area contributed by atoms with E-state index in [1.54, 1.807) is 13.0 Å². The fourth-order valence-corrected chi connectivity index (χ4v) is 4.98. The molecule has 0 radical (unpaired) electrons. The number of rotatable bonds is 7. The summed E-state index contributed by atoms with van der Waals surface area (Å²) in [6.07, 6.45) is 2.07. The van der Waals surface area contributed by atoms with Gasteiger partial charge in [-0.05, 0) is 43.9 Å². The maximum absolute atomic E-state index is 13.0. The SMILES string of the molecule is Cc1ccc(CNS(=O)(=O)c2cc3c(cc2C)N(Cc2noc(C4CC4)n2)C(=O)CO3)cc1. The van der Waals surface area contributed by atoms with Crippen molar-refractivity contribution in [1.82, 2.24) is 14.9 Å². The summed E-state index contributed by atoms with van der Waals surface area (Å²) < 4.78 is 39.5. The molecule has 2 aliphatic rings. The predicted molar refractivity (Wildman–Crippen MR) is 119 cm³/mol. The Bertz CT molecular complexity index is 1310. The molecule has 1 aliphatic heterocycles. The summed E-state index contributed by atoms with van der Waals surface area (Å²) in [5.74, 6) is 1.39. The molecule has 172 valence electrons. The predicted octanol–water partition coefficient (Wildman–Crippen LogP) is 2.97. The van der Waals surface area contributed by atoms with Gasteiger partial charge in [0.05, 0.1) is 17.1 Å². The Morgan fingerprint density at radius 1 is 1.15 bits per heavy atom. The molecule has 0 unspecified atom stereocenters. The van der Waals surface area contributed by atoms with Gasteiger partial charge in [-0.1, -0.05) is 35.0 Å². The molecule has 2 heterocycles. The van der Waals surface area contributed by atoms with E-state index in [2.05, 4.69) is 14.9 Å². The number of aromatic nitrogens is 2. The zero-order valence-electron chi connectivity index (χ0n) is 18.4. The second kappa shape index (κ2) is 8.27. The van der Waals surface area contributed by atoms with Gasteiger partial charge in [-0.25, -0.2) is 13.1 Å².